The van der Waals surface area contributed by atoms with E-state index in [1.807, 2.05) is 0 Å². The Labute approximate surface area is 189 Å². The van der Waals surface area contributed by atoms with Crippen molar-refractivity contribution in [3.05, 3.63) is 92.9 Å². The number of carbonyl (C=O) groups is 2. The molecule has 0 bridgehead atoms. The average Bonchev–Trinajstić information content (AvgIpc) is 3.15. The minimum Gasteiger partial charge on any atom is -0.493 e. The molecule has 1 aliphatic rings. The Morgan fingerprint density at radius 1 is 1.22 bits per heavy atom. The van der Waals surface area contributed by atoms with E-state index in [0.29, 0.717) is 46.4 Å². The van der Waals surface area contributed by atoms with Gasteiger partial charge in [0, 0.05) is 23.2 Å². The molecule has 1 aromatic heterocycles. The van der Waals surface area contributed by atoms with Crippen molar-refractivity contribution in [2.75, 3.05) is 0 Å². The van der Waals surface area contributed by atoms with Crippen LogP contribution in [-0.2, 0) is 13.0 Å². The normalized spacial score (nSPS) is 14.8. The molecule has 8 heteroatoms. The summed E-state index contributed by atoms with van der Waals surface area (Å²) in [6.45, 7) is 1.71. The lowest BCUT2D eigenvalue weighted by molar-refractivity contribution is 0.0655. The van der Waals surface area contributed by atoms with Crippen LogP contribution in [0.1, 0.15) is 55.6 Å². The third-order valence-corrected chi connectivity index (χ3v) is 6.00. The summed E-state index contributed by atoms with van der Waals surface area (Å²) < 4.78 is 14.5. The van der Waals surface area contributed by atoms with Crippen LogP contribution in [-0.4, -0.2) is 26.8 Å². The van der Waals surface area contributed by atoms with Crippen LogP contribution in [0, 0.1) is 12.7 Å². The second-order valence-corrected chi connectivity index (χ2v) is 8.20. The molecule has 4 rings (SSSR count). The molecule has 2 amide bonds. The third kappa shape index (κ3) is 4.03. The molecule has 0 saturated carbocycles. The monoisotopic (exact) mass is 453 g/mol. The van der Waals surface area contributed by atoms with Gasteiger partial charge in [0.15, 0.2) is 0 Å². The number of benzene rings is 2. The number of primary amides is 1. The molecule has 0 unspecified atom stereocenters. The number of halogens is 2. The first-order valence-corrected chi connectivity index (χ1v) is 10.5. The lowest BCUT2D eigenvalue weighted by Gasteiger charge is -2.31. The Kier molecular flexibility index (Phi) is 5.84. The number of pyridine rings is 1. The summed E-state index contributed by atoms with van der Waals surface area (Å²) in [5.74, 6) is -1.55. The molecule has 1 aliphatic carbocycles. The van der Waals surface area contributed by atoms with Crippen LogP contribution in [0.4, 0.5) is 4.39 Å². The van der Waals surface area contributed by atoms with Gasteiger partial charge in [0.1, 0.15) is 5.82 Å². The van der Waals surface area contributed by atoms with Crippen LogP contribution in [0.5, 0.6) is 5.88 Å². The zero-order valence-electron chi connectivity index (χ0n) is 17.3. The van der Waals surface area contributed by atoms with Gasteiger partial charge in [-0.25, -0.2) is 9.37 Å². The van der Waals surface area contributed by atoms with Crippen LogP contribution in [0.2, 0.25) is 5.02 Å². The minimum absolute atomic E-state index is 0.0799. The summed E-state index contributed by atoms with van der Waals surface area (Å²) in [5, 5.41) is 9.90. The number of nitrogens with two attached hydrogens (primary N) is 1. The summed E-state index contributed by atoms with van der Waals surface area (Å²) >= 11 is 6.12. The summed E-state index contributed by atoms with van der Waals surface area (Å²) in [4.78, 5) is 31.2. The highest BCUT2D eigenvalue weighted by Gasteiger charge is 2.34. The van der Waals surface area contributed by atoms with Gasteiger partial charge in [-0.05, 0) is 60.7 Å². The highest BCUT2D eigenvalue weighted by molar-refractivity contribution is 6.30. The molecular formula is C24H21ClFN3O3. The number of amides is 2. The molecule has 0 spiro atoms. The lowest BCUT2D eigenvalue weighted by Crippen LogP contribution is -2.35. The minimum atomic E-state index is -0.601. The van der Waals surface area contributed by atoms with Gasteiger partial charge in [-0.2, -0.15) is 0 Å². The van der Waals surface area contributed by atoms with Gasteiger partial charge in [-0.1, -0.05) is 29.8 Å². The van der Waals surface area contributed by atoms with Crippen molar-refractivity contribution in [1.82, 2.24) is 9.88 Å². The van der Waals surface area contributed by atoms with Gasteiger partial charge in [0.05, 0.1) is 17.3 Å². The number of carbonyl (C=O) groups excluding carboxylic acids is 2. The molecule has 0 fully saturated rings. The highest BCUT2D eigenvalue weighted by atomic mass is 35.5. The smallest absolute Gasteiger partial charge is 0.256 e. The van der Waals surface area contributed by atoms with Gasteiger partial charge in [-0.15, -0.1) is 0 Å². The van der Waals surface area contributed by atoms with Crippen molar-refractivity contribution < 1.29 is 19.1 Å². The van der Waals surface area contributed by atoms with Crippen LogP contribution < -0.4 is 5.73 Å². The predicted octanol–water partition coefficient (Wildman–Crippen LogP) is 4.32. The molecule has 0 radical (unpaired) electrons. The largest absolute Gasteiger partial charge is 0.493 e. The summed E-state index contributed by atoms with van der Waals surface area (Å²) in [6.07, 6.45) is 0.957. The number of aryl methyl sites for hydroxylation is 1. The number of aromatic hydroxyl groups is 1. The Hall–Kier alpha value is -3.45. The number of rotatable bonds is 5. The number of aromatic nitrogens is 1. The van der Waals surface area contributed by atoms with Crippen molar-refractivity contribution in [3.63, 3.8) is 0 Å². The lowest BCUT2D eigenvalue weighted by atomic mass is 10.0. The van der Waals surface area contributed by atoms with Crippen molar-refractivity contribution in [2.45, 2.75) is 32.4 Å². The van der Waals surface area contributed by atoms with Crippen molar-refractivity contribution >= 4 is 23.4 Å². The maximum absolute atomic E-state index is 14.5. The maximum Gasteiger partial charge on any atom is 0.256 e. The van der Waals surface area contributed by atoms with E-state index in [1.54, 1.807) is 42.2 Å². The second kappa shape index (κ2) is 8.59. The predicted molar refractivity (Wildman–Crippen MR) is 118 cm³/mol. The van der Waals surface area contributed by atoms with Gasteiger partial charge >= 0.3 is 0 Å². The zero-order valence-corrected chi connectivity index (χ0v) is 18.1. The van der Waals surface area contributed by atoms with Crippen molar-refractivity contribution in [1.29, 1.82) is 0 Å². The quantitative estimate of drug-likeness (QED) is 0.601. The van der Waals surface area contributed by atoms with E-state index in [1.165, 1.54) is 18.2 Å². The van der Waals surface area contributed by atoms with Crippen LogP contribution in [0.3, 0.4) is 0 Å². The van der Waals surface area contributed by atoms with Gasteiger partial charge in [0.25, 0.3) is 5.91 Å². The number of fused-ring (bicyclic) bond motifs is 1. The van der Waals surface area contributed by atoms with Gasteiger partial charge < -0.3 is 15.7 Å². The zero-order chi connectivity index (χ0) is 23.0. The fraction of sp³-hybridized carbons (Fsp3) is 0.208. The Morgan fingerprint density at radius 2 is 1.97 bits per heavy atom. The molecule has 32 heavy (non-hydrogen) atoms. The summed E-state index contributed by atoms with van der Waals surface area (Å²) in [6, 6.07) is 12.1. The summed E-state index contributed by atoms with van der Waals surface area (Å²) in [7, 11) is 0. The highest BCUT2D eigenvalue weighted by Crippen LogP contribution is 2.40. The van der Waals surface area contributed by atoms with Crippen LogP contribution in [0.15, 0.2) is 48.5 Å². The molecule has 3 N–H and O–H groups in total. The first-order chi connectivity index (χ1) is 15.3. The molecule has 0 aliphatic heterocycles. The Morgan fingerprint density at radius 3 is 2.69 bits per heavy atom. The van der Waals surface area contributed by atoms with E-state index in [-0.39, 0.29) is 23.4 Å². The van der Waals surface area contributed by atoms with Crippen LogP contribution in [0.25, 0.3) is 0 Å². The molecule has 6 nitrogen and oxygen atoms in total. The fourth-order valence-electron chi connectivity index (χ4n) is 4.28. The molecular weight excluding hydrogens is 433 g/mol. The Bertz CT molecular complexity index is 1230. The van der Waals surface area contributed by atoms with Crippen molar-refractivity contribution in [3.8, 4) is 5.88 Å². The molecule has 1 atom stereocenters. The van der Waals surface area contributed by atoms with E-state index in [2.05, 4.69) is 4.98 Å². The van der Waals surface area contributed by atoms with Gasteiger partial charge in [0.2, 0.25) is 11.8 Å². The fourth-order valence-corrected chi connectivity index (χ4v) is 4.49. The summed E-state index contributed by atoms with van der Waals surface area (Å²) in [5.41, 5.74) is 8.26. The number of hydrogen-bond donors (Lipinski definition) is 2. The van der Waals surface area contributed by atoms with E-state index < -0.39 is 17.8 Å². The van der Waals surface area contributed by atoms with Gasteiger partial charge in [-0.3, -0.25) is 9.59 Å². The van der Waals surface area contributed by atoms with E-state index in [9.17, 15) is 19.1 Å². The third-order valence-electron chi connectivity index (χ3n) is 5.78. The number of nitrogens with zero attached hydrogens (tertiary/aromatic N) is 2. The topological polar surface area (TPSA) is 96.5 Å². The van der Waals surface area contributed by atoms with Crippen molar-refractivity contribution in [2.24, 2.45) is 5.73 Å². The molecule has 2 aromatic carbocycles. The first kappa shape index (κ1) is 21.8. The standard InChI is InChI=1S/C24H21ClFN3O3/c1-13-16(7-9-22(30)28-13)24(32)29(12-14-4-2-3-5-17(14)23(27)31)21-8-6-18-19(21)10-15(25)11-20(18)26/h2-5,7,9-11,21H,6,8,12H2,1H3,(H2,27,31)(H,28,30)/t21-/m1/s1. The second-order valence-electron chi connectivity index (χ2n) is 7.77. The molecule has 3 aromatic rings. The van der Waals surface area contributed by atoms with E-state index >= 15 is 0 Å². The number of hydrogen-bond acceptors (Lipinski definition) is 4. The molecule has 164 valence electrons. The van der Waals surface area contributed by atoms with E-state index in [4.69, 9.17) is 17.3 Å². The first-order valence-electron chi connectivity index (χ1n) is 10.1. The SMILES string of the molecule is Cc1nc(O)ccc1C(=O)N(Cc1ccccc1C(N)=O)[C@@H]1CCc2c(F)cc(Cl)cc21. The molecule has 0 saturated heterocycles. The average molecular weight is 454 g/mol. The Balaban J connectivity index is 1.82. The maximum atomic E-state index is 14.5. The van der Waals surface area contributed by atoms with Crippen LogP contribution >= 0.6 is 11.6 Å². The van der Waals surface area contributed by atoms with E-state index in [0.717, 1.165) is 0 Å². The molecule has 1 heterocycles.